The molecule has 6 heteroatoms. The molecule has 0 heterocycles. The highest BCUT2D eigenvalue weighted by molar-refractivity contribution is 6.07. The number of carboxylic acids is 1. The Morgan fingerprint density at radius 3 is 2.68 bits per heavy atom. The van der Waals surface area contributed by atoms with Gasteiger partial charge in [0.15, 0.2) is 17.3 Å². The lowest BCUT2D eigenvalue weighted by Gasteiger charge is -2.05. The molecule has 2 aromatic rings. The number of benzene rings is 2. The van der Waals surface area contributed by atoms with Crippen molar-refractivity contribution in [2.45, 2.75) is 6.42 Å². The number of hydrogen-bond donors (Lipinski definition) is 2. The van der Waals surface area contributed by atoms with E-state index < -0.39 is 5.97 Å². The fourth-order valence-electron chi connectivity index (χ4n) is 2.06. The van der Waals surface area contributed by atoms with Crippen LogP contribution in [0.3, 0.4) is 0 Å². The van der Waals surface area contributed by atoms with Crippen molar-refractivity contribution in [3.05, 3.63) is 59.7 Å². The molecule has 0 bridgehead atoms. The van der Waals surface area contributed by atoms with Gasteiger partial charge in [-0.15, -0.1) is 0 Å². The molecule has 0 aliphatic carbocycles. The van der Waals surface area contributed by atoms with Crippen LogP contribution >= 0.6 is 0 Å². The largest absolute Gasteiger partial charge is 0.504 e. The Hall–Kier alpha value is -3.28. The molecule has 2 N–H and O–H groups in total. The second kappa shape index (κ2) is 8.54. The van der Waals surface area contributed by atoms with Crippen LogP contribution in [0.2, 0.25) is 0 Å². The molecule has 0 saturated heterocycles. The van der Waals surface area contributed by atoms with Crippen LogP contribution in [-0.4, -0.2) is 35.7 Å². The van der Waals surface area contributed by atoms with Crippen LogP contribution in [-0.2, 0) is 4.79 Å². The zero-order valence-electron chi connectivity index (χ0n) is 13.6. The summed E-state index contributed by atoms with van der Waals surface area (Å²) in [4.78, 5) is 22.7. The van der Waals surface area contributed by atoms with E-state index in [4.69, 9.17) is 14.6 Å². The predicted molar refractivity (Wildman–Crippen MR) is 92.2 cm³/mol. The molecule has 25 heavy (non-hydrogen) atoms. The summed E-state index contributed by atoms with van der Waals surface area (Å²) >= 11 is 0. The summed E-state index contributed by atoms with van der Waals surface area (Å²) in [6.07, 6.45) is 2.95. The first-order valence-corrected chi connectivity index (χ1v) is 7.53. The maximum absolute atomic E-state index is 12.2. The molecule has 6 nitrogen and oxygen atoms in total. The van der Waals surface area contributed by atoms with Gasteiger partial charge in [-0.3, -0.25) is 9.59 Å². The number of ketones is 1. The predicted octanol–water partition coefficient (Wildman–Crippen LogP) is 3.15. The van der Waals surface area contributed by atoms with Gasteiger partial charge in [-0.1, -0.05) is 18.2 Å². The standard InChI is InChI=1S/C19H18O6/c1-24-18-12-14(6-8-17(18)21)16(20)7-5-13-3-2-4-15(11-13)25-10-9-19(22)23/h2-8,11-12,21H,9-10H2,1H3,(H,22,23)/b7-5-. The summed E-state index contributed by atoms with van der Waals surface area (Å²) in [7, 11) is 1.41. The molecule has 130 valence electrons. The normalized spacial score (nSPS) is 10.6. The zero-order chi connectivity index (χ0) is 18.2. The highest BCUT2D eigenvalue weighted by Gasteiger charge is 2.07. The molecular weight excluding hydrogens is 324 g/mol. The molecule has 0 spiro atoms. The van der Waals surface area contributed by atoms with E-state index in [1.807, 2.05) is 0 Å². The summed E-state index contributed by atoms with van der Waals surface area (Å²) in [6.45, 7) is 0.0781. The molecule has 0 aromatic heterocycles. The summed E-state index contributed by atoms with van der Waals surface area (Å²) < 4.78 is 10.3. The van der Waals surface area contributed by atoms with Crippen LogP contribution in [0.4, 0.5) is 0 Å². The van der Waals surface area contributed by atoms with Crippen LogP contribution < -0.4 is 9.47 Å². The molecule has 0 aliphatic rings. The van der Waals surface area contributed by atoms with Gasteiger partial charge in [0.05, 0.1) is 20.1 Å². The monoisotopic (exact) mass is 342 g/mol. The van der Waals surface area contributed by atoms with Gasteiger partial charge in [0.1, 0.15) is 5.75 Å². The number of carbonyl (C=O) groups is 2. The average molecular weight is 342 g/mol. The zero-order valence-corrected chi connectivity index (χ0v) is 13.6. The molecular formula is C19H18O6. The number of allylic oxidation sites excluding steroid dienone is 1. The van der Waals surface area contributed by atoms with Crippen molar-refractivity contribution >= 4 is 17.8 Å². The average Bonchev–Trinajstić information content (AvgIpc) is 2.60. The molecule has 0 atom stereocenters. The number of hydrogen-bond acceptors (Lipinski definition) is 5. The Labute approximate surface area is 144 Å². The number of rotatable bonds is 8. The van der Waals surface area contributed by atoms with Crippen molar-refractivity contribution in [1.29, 1.82) is 0 Å². The number of carboxylic acid groups (broad SMARTS) is 1. The van der Waals surface area contributed by atoms with Crippen LogP contribution in [0.1, 0.15) is 22.3 Å². The number of phenols is 1. The van der Waals surface area contributed by atoms with E-state index in [2.05, 4.69) is 0 Å². The molecule has 2 rings (SSSR count). The lowest BCUT2D eigenvalue weighted by Crippen LogP contribution is -2.04. The van der Waals surface area contributed by atoms with Crippen molar-refractivity contribution < 1.29 is 29.3 Å². The molecule has 0 amide bonds. The van der Waals surface area contributed by atoms with E-state index >= 15 is 0 Å². The number of aliphatic carboxylic acids is 1. The lowest BCUT2D eigenvalue weighted by molar-refractivity contribution is -0.137. The van der Waals surface area contributed by atoms with Gasteiger partial charge in [-0.05, 0) is 42.0 Å². The van der Waals surface area contributed by atoms with Crippen molar-refractivity contribution in [3.63, 3.8) is 0 Å². The Morgan fingerprint density at radius 1 is 1.16 bits per heavy atom. The molecule has 2 aromatic carbocycles. The van der Waals surface area contributed by atoms with E-state index in [9.17, 15) is 14.7 Å². The Balaban J connectivity index is 2.05. The highest BCUT2D eigenvalue weighted by Crippen LogP contribution is 2.26. The number of aromatic hydroxyl groups is 1. The topological polar surface area (TPSA) is 93.1 Å². The van der Waals surface area contributed by atoms with Gasteiger partial charge < -0.3 is 19.7 Å². The first-order chi connectivity index (χ1) is 12.0. The first kappa shape index (κ1) is 18.1. The minimum absolute atomic E-state index is 0.0331. The number of carbonyl (C=O) groups excluding carboxylic acids is 1. The van der Waals surface area contributed by atoms with Crippen LogP contribution in [0.5, 0.6) is 17.2 Å². The van der Waals surface area contributed by atoms with Gasteiger partial charge in [0.25, 0.3) is 0 Å². The minimum Gasteiger partial charge on any atom is -0.504 e. The highest BCUT2D eigenvalue weighted by atomic mass is 16.5. The van der Waals surface area contributed by atoms with E-state index in [0.717, 1.165) is 5.56 Å². The number of phenolic OH excluding ortho intramolecular Hbond substituents is 1. The van der Waals surface area contributed by atoms with Crippen molar-refractivity contribution in [2.24, 2.45) is 0 Å². The Morgan fingerprint density at radius 2 is 1.96 bits per heavy atom. The van der Waals surface area contributed by atoms with Gasteiger partial charge in [-0.2, -0.15) is 0 Å². The van der Waals surface area contributed by atoms with Crippen LogP contribution in [0, 0.1) is 0 Å². The third-order valence-corrected chi connectivity index (χ3v) is 3.33. The molecule has 0 saturated carbocycles. The lowest BCUT2D eigenvalue weighted by atomic mass is 10.1. The third-order valence-electron chi connectivity index (χ3n) is 3.33. The minimum atomic E-state index is -0.925. The molecule has 0 radical (unpaired) electrons. The maximum Gasteiger partial charge on any atom is 0.306 e. The SMILES string of the molecule is COc1cc(C(=O)/C=C\c2cccc(OCCC(=O)O)c2)ccc1O. The summed E-state index contributed by atoms with van der Waals surface area (Å²) in [5, 5.41) is 18.2. The smallest absolute Gasteiger partial charge is 0.306 e. The van der Waals surface area contributed by atoms with Gasteiger partial charge in [-0.25, -0.2) is 0 Å². The molecule has 0 unspecified atom stereocenters. The Kier molecular flexibility index (Phi) is 6.17. The van der Waals surface area contributed by atoms with E-state index in [-0.39, 0.29) is 30.3 Å². The molecule has 0 aliphatic heterocycles. The fraction of sp³-hybridized carbons (Fsp3) is 0.158. The van der Waals surface area contributed by atoms with Crippen molar-refractivity contribution in [3.8, 4) is 17.2 Å². The quantitative estimate of drug-likeness (QED) is 0.565. The third kappa shape index (κ3) is 5.39. The summed E-state index contributed by atoms with van der Waals surface area (Å²) in [6, 6.07) is 11.4. The summed E-state index contributed by atoms with van der Waals surface area (Å²) in [5.74, 6) is -0.439. The van der Waals surface area contributed by atoms with E-state index in [0.29, 0.717) is 11.3 Å². The van der Waals surface area contributed by atoms with Crippen LogP contribution in [0.15, 0.2) is 48.5 Å². The van der Waals surface area contributed by atoms with Gasteiger partial charge in [0.2, 0.25) is 0 Å². The number of methoxy groups -OCH3 is 1. The van der Waals surface area contributed by atoms with Crippen LogP contribution in [0.25, 0.3) is 6.08 Å². The van der Waals surface area contributed by atoms with E-state index in [1.54, 1.807) is 30.3 Å². The van der Waals surface area contributed by atoms with Gasteiger partial charge >= 0.3 is 5.97 Å². The number of ether oxygens (including phenoxy) is 2. The Bertz CT molecular complexity index is 794. The first-order valence-electron chi connectivity index (χ1n) is 7.53. The second-order valence-corrected chi connectivity index (χ2v) is 5.15. The fourth-order valence-corrected chi connectivity index (χ4v) is 2.06. The maximum atomic E-state index is 12.2. The van der Waals surface area contributed by atoms with Crippen molar-refractivity contribution in [1.82, 2.24) is 0 Å². The van der Waals surface area contributed by atoms with E-state index in [1.165, 1.54) is 31.4 Å². The summed E-state index contributed by atoms with van der Waals surface area (Å²) in [5.41, 5.74) is 1.13. The van der Waals surface area contributed by atoms with Crippen molar-refractivity contribution in [2.75, 3.05) is 13.7 Å². The van der Waals surface area contributed by atoms with Gasteiger partial charge in [0, 0.05) is 5.56 Å². The molecule has 0 fully saturated rings. The second-order valence-electron chi connectivity index (χ2n) is 5.15.